The molecule has 2 atom stereocenters. The van der Waals surface area contributed by atoms with Crippen molar-refractivity contribution in [3.8, 4) is 0 Å². The van der Waals surface area contributed by atoms with Gasteiger partial charge in [0.1, 0.15) is 0 Å². The third-order valence-electron chi connectivity index (χ3n) is 2.54. The number of hydrogen-bond donors (Lipinski definition) is 3. The van der Waals surface area contributed by atoms with Gasteiger partial charge in [-0.05, 0) is 24.2 Å². The van der Waals surface area contributed by atoms with Crippen LogP contribution in [-0.2, 0) is 6.42 Å². The van der Waals surface area contributed by atoms with E-state index in [-0.39, 0.29) is 12.6 Å². The fourth-order valence-corrected chi connectivity index (χ4v) is 2.51. The van der Waals surface area contributed by atoms with Crippen LogP contribution >= 0.6 is 11.8 Å². The Hall–Kier alpha value is -0.550. The zero-order valence-corrected chi connectivity index (χ0v) is 10.8. The summed E-state index contributed by atoms with van der Waals surface area (Å²) in [5.41, 5.74) is 7.10. The summed E-state index contributed by atoms with van der Waals surface area (Å²) in [5, 5.41) is 18.5. The van der Waals surface area contributed by atoms with Gasteiger partial charge in [-0.25, -0.2) is 0 Å². The molecule has 0 aromatic heterocycles. The van der Waals surface area contributed by atoms with Gasteiger partial charge in [0.05, 0.1) is 6.10 Å². The molecular formula is C13H21NO2S. The Morgan fingerprint density at radius 1 is 1.24 bits per heavy atom. The molecule has 1 aromatic carbocycles. The van der Waals surface area contributed by atoms with Crippen LogP contribution in [0.1, 0.15) is 12.0 Å². The number of hydrogen-bond acceptors (Lipinski definition) is 4. The van der Waals surface area contributed by atoms with Crippen LogP contribution in [0.25, 0.3) is 0 Å². The Balaban J connectivity index is 2.24. The Morgan fingerprint density at radius 2 is 1.94 bits per heavy atom. The lowest BCUT2D eigenvalue weighted by Gasteiger charge is -2.18. The lowest BCUT2D eigenvalue weighted by molar-refractivity contribution is 0.167. The number of aliphatic hydroxyl groups excluding tert-OH is 2. The summed E-state index contributed by atoms with van der Waals surface area (Å²) in [4.78, 5) is 0. The second-order valence-corrected chi connectivity index (χ2v) is 5.22. The number of aliphatic hydroxyl groups is 2. The molecule has 0 amide bonds. The van der Waals surface area contributed by atoms with Crippen LogP contribution in [0.5, 0.6) is 0 Å². The average Bonchev–Trinajstić information content (AvgIpc) is 2.35. The topological polar surface area (TPSA) is 66.5 Å². The number of nitrogens with two attached hydrogens (primary N) is 1. The summed E-state index contributed by atoms with van der Waals surface area (Å²) >= 11 is 1.63. The molecule has 1 rings (SSSR count). The monoisotopic (exact) mass is 255 g/mol. The molecule has 0 fully saturated rings. The maximum absolute atomic E-state index is 9.87. The van der Waals surface area contributed by atoms with E-state index in [0.29, 0.717) is 12.2 Å². The van der Waals surface area contributed by atoms with Crippen LogP contribution in [0.4, 0.5) is 0 Å². The molecule has 0 aliphatic heterocycles. The predicted octanol–water partition coefficient (Wildman–Crippen LogP) is 1.03. The average molecular weight is 255 g/mol. The van der Waals surface area contributed by atoms with Gasteiger partial charge < -0.3 is 15.9 Å². The Morgan fingerprint density at radius 3 is 2.59 bits per heavy atom. The molecule has 0 saturated heterocycles. The number of thioether (sulfide) groups is 1. The van der Waals surface area contributed by atoms with Crippen LogP contribution in [0.2, 0.25) is 0 Å². The highest BCUT2D eigenvalue weighted by Gasteiger charge is 2.14. The third kappa shape index (κ3) is 6.07. The van der Waals surface area contributed by atoms with E-state index in [2.05, 4.69) is 0 Å². The zero-order chi connectivity index (χ0) is 12.5. The molecule has 96 valence electrons. The van der Waals surface area contributed by atoms with Crippen LogP contribution in [0.15, 0.2) is 30.3 Å². The summed E-state index contributed by atoms with van der Waals surface area (Å²) in [6.45, 7) is 0.208. The first-order valence-corrected chi connectivity index (χ1v) is 7.05. The van der Waals surface area contributed by atoms with Crippen molar-refractivity contribution in [1.82, 2.24) is 0 Å². The van der Waals surface area contributed by atoms with Gasteiger partial charge >= 0.3 is 0 Å². The highest BCUT2D eigenvalue weighted by Crippen LogP contribution is 2.10. The van der Waals surface area contributed by atoms with Crippen molar-refractivity contribution in [2.75, 3.05) is 18.1 Å². The van der Waals surface area contributed by atoms with Gasteiger partial charge in [0.2, 0.25) is 0 Å². The first-order chi connectivity index (χ1) is 8.24. The van der Waals surface area contributed by atoms with Gasteiger partial charge in [-0.2, -0.15) is 11.8 Å². The smallest absolute Gasteiger partial charge is 0.0784 e. The van der Waals surface area contributed by atoms with Crippen molar-refractivity contribution in [1.29, 1.82) is 0 Å². The van der Waals surface area contributed by atoms with Gasteiger partial charge in [-0.3, -0.25) is 0 Å². The summed E-state index contributed by atoms with van der Waals surface area (Å²) in [6, 6.07) is 9.74. The van der Waals surface area contributed by atoms with E-state index in [4.69, 9.17) is 10.8 Å². The SMILES string of the molecule is NC(Cc1ccccc1)C(O)CSCCCO. The quantitative estimate of drug-likeness (QED) is 0.607. The standard InChI is InChI=1S/C13H21NO2S/c14-12(9-11-5-2-1-3-6-11)13(16)10-17-8-4-7-15/h1-3,5-6,12-13,15-16H,4,7-10,14H2. The molecule has 1 aromatic rings. The van der Waals surface area contributed by atoms with Crippen molar-refractivity contribution in [2.24, 2.45) is 5.73 Å². The van der Waals surface area contributed by atoms with E-state index < -0.39 is 6.10 Å². The van der Waals surface area contributed by atoms with Gasteiger partial charge in [0.25, 0.3) is 0 Å². The number of benzene rings is 1. The van der Waals surface area contributed by atoms with E-state index in [1.807, 2.05) is 30.3 Å². The van der Waals surface area contributed by atoms with Crippen molar-refractivity contribution < 1.29 is 10.2 Å². The first-order valence-electron chi connectivity index (χ1n) is 5.90. The van der Waals surface area contributed by atoms with Crippen LogP contribution in [0.3, 0.4) is 0 Å². The normalized spacial score (nSPS) is 14.5. The fraction of sp³-hybridized carbons (Fsp3) is 0.538. The summed E-state index contributed by atoms with van der Waals surface area (Å²) in [7, 11) is 0. The van der Waals surface area contributed by atoms with Gasteiger partial charge in [0.15, 0.2) is 0 Å². The van der Waals surface area contributed by atoms with Gasteiger partial charge in [-0.15, -0.1) is 0 Å². The first kappa shape index (κ1) is 14.5. The molecule has 4 N–H and O–H groups in total. The Labute approximate surface area is 107 Å². The highest BCUT2D eigenvalue weighted by atomic mass is 32.2. The van der Waals surface area contributed by atoms with Gasteiger partial charge in [0, 0.05) is 18.4 Å². The largest absolute Gasteiger partial charge is 0.396 e. The lowest BCUT2D eigenvalue weighted by Crippen LogP contribution is -2.38. The molecule has 0 aliphatic carbocycles. The second-order valence-electron chi connectivity index (χ2n) is 4.07. The molecule has 2 unspecified atom stereocenters. The molecule has 0 heterocycles. The molecule has 0 bridgehead atoms. The van der Waals surface area contributed by atoms with Crippen molar-refractivity contribution >= 4 is 11.8 Å². The van der Waals surface area contributed by atoms with Crippen LogP contribution in [-0.4, -0.2) is 40.5 Å². The maximum atomic E-state index is 9.87. The van der Waals surface area contributed by atoms with E-state index in [1.54, 1.807) is 11.8 Å². The predicted molar refractivity (Wildman–Crippen MR) is 73.2 cm³/mol. The Bertz CT molecular complexity index is 295. The minimum Gasteiger partial charge on any atom is -0.396 e. The fourth-order valence-electron chi connectivity index (χ4n) is 1.52. The maximum Gasteiger partial charge on any atom is 0.0784 e. The van der Waals surface area contributed by atoms with E-state index in [0.717, 1.165) is 17.7 Å². The minimum absolute atomic E-state index is 0.208. The zero-order valence-electron chi connectivity index (χ0n) is 9.96. The third-order valence-corrected chi connectivity index (χ3v) is 3.70. The molecule has 3 nitrogen and oxygen atoms in total. The van der Waals surface area contributed by atoms with Crippen molar-refractivity contribution in [2.45, 2.75) is 25.0 Å². The van der Waals surface area contributed by atoms with Crippen molar-refractivity contribution in [3.63, 3.8) is 0 Å². The van der Waals surface area contributed by atoms with E-state index in [9.17, 15) is 5.11 Å². The van der Waals surface area contributed by atoms with Crippen LogP contribution in [0, 0.1) is 0 Å². The van der Waals surface area contributed by atoms with Crippen molar-refractivity contribution in [3.05, 3.63) is 35.9 Å². The molecule has 0 saturated carbocycles. The molecule has 4 heteroatoms. The Kier molecular flexibility index (Phi) is 7.28. The van der Waals surface area contributed by atoms with Gasteiger partial charge in [-0.1, -0.05) is 30.3 Å². The molecule has 0 aliphatic rings. The second kappa shape index (κ2) is 8.53. The summed E-state index contributed by atoms with van der Waals surface area (Å²) in [5.74, 6) is 1.50. The molecule has 0 radical (unpaired) electrons. The molecule has 0 spiro atoms. The molecule has 17 heavy (non-hydrogen) atoms. The van der Waals surface area contributed by atoms with E-state index >= 15 is 0 Å². The summed E-state index contributed by atoms with van der Waals surface area (Å²) < 4.78 is 0. The van der Waals surface area contributed by atoms with Crippen LogP contribution < -0.4 is 5.73 Å². The number of rotatable bonds is 8. The minimum atomic E-state index is -0.487. The lowest BCUT2D eigenvalue weighted by atomic mass is 10.0. The highest BCUT2D eigenvalue weighted by molar-refractivity contribution is 7.99. The summed E-state index contributed by atoms with van der Waals surface area (Å²) in [6.07, 6.45) is 0.979. The van der Waals surface area contributed by atoms with E-state index in [1.165, 1.54) is 0 Å². The molecular weight excluding hydrogens is 234 g/mol.